The van der Waals surface area contributed by atoms with E-state index in [0.29, 0.717) is 0 Å². The summed E-state index contributed by atoms with van der Waals surface area (Å²) in [6, 6.07) is 6.43. The highest BCUT2D eigenvalue weighted by molar-refractivity contribution is 7.89. The Morgan fingerprint density at radius 2 is 1.83 bits per heavy atom. The Hall–Kier alpha value is -1.40. The van der Waals surface area contributed by atoms with Gasteiger partial charge in [-0.05, 0) is 24.5 Å². The van der Waals surface area contributed by atoms with Gasteiger partial charge in [0, 0.05) is 0 Å². The fourth-order valence-corrected chi connectivity index (χ4v) is 2.74. The monoisotopic (exact) mass is 270 g/mol. The maximum absolute atomic E-state index is 11.9. The standard InChI is InChI=1S/C12H17NO4S/c1-9(2)8-11(12(14)15)13-18(16,17)10-6-4-3-5-7-10/h3-7,9,11,13H,8H2,1-2H3,(H,14,15)/p-1. The lowest BCUT2D eigenvalue weighted by Crippen LogP contribution is -2.48. The maximum atomic E-state index is 11.9. The van der Waals surface area contributed by atoms with Crippen LogP contribution in [0.15, 0.2) is 35.2 Å². The third kappa shape index (κ3) is 4.12. The van der Waals surface area contributed by atoms with Crippen LogP contribution in [0.1, 0.15) is 20.3 Å². The van der Waals surface area contributed by atoms with Crippen LogP contribution in [0.5, 0.6) is 0 Å². The van der Waals surface area contributed by atoms with Gasteiger partial charge in [-0.15, -0.1) is 0 Å². The predicted molar refractivity (Wildman–Crippen MR) is 65.0 cm³/mol. The summed E-state index contributed by atoms with van der Waals surface area (Å²) in [5.41, 5.74) is 0. The van der Waals surface area contributed by atoms with E-state index in [0.717, 1.165) is 0 Å². The van der Waals surface area contributed by atoms with Crippen molar-refractivity contribution in [3.8, 4) is 0 Å². The topological polar surface area (TPSA) is 86.3 Å². The molecular formula is C12H16NO4S-. The Morgan fingerprint density at radius 1 is 1.28 bits per heavy atom. The molecule has 6 heteroatoms. The minimum atomic E-state index is -3.82. The molecule has 5 nitrogen and oxygen atoms in total. The number of aliphatic carboxylic acids is 1. The number of carbonyl (C=O) groups excluding carboxylic acids is 1. The van der Waals surface area contributed by atoms with Gasteiger partial charge in [-0.3, -0.25) is 0 Å². The zero-order valence-corrected chi connectivity index (χ0v) is 11.1. The third-order valence-corrected chi connectivity index (χ3v) is 3.83. The minimum Gasteiger partial charge on any atom is -0.548 e. The number of carboxylic acid groups (broad SMARTS) is 1. The van der Waals surface area contributed by atoms with Crippen molar-refractivity contribution in [2.24, 2.45) is 5.92 Å². The van der Waals surface area contributed by atoms with Gasteiger partial charge in [0.1, 0.15) is 0 Å². The number of benzene rings is 1. The summed E-state index contributed by atoms with van der Waals surface area (Å²) in [4.78, 5) is 10.9. The molecule has 1 aromatic carbocycles. The smallest absolute Gasteiger partial charge is 0.241 e. The van der Waals surface area contributed by atoms with Gasteiger partial charge in [0.15, 0.2) is 0 Å². The number of carbonyl (C=O) groups is 1. The molecule has 0 aliphatic rings. The highest BCUT2D eigenvalue weighted by Gasteiger charge is 2.21. The first-order valence-corrected chi connectivity index (χ1v) is 7.09. The summed E-state index contributed by atoms with van der Waals surface area (Å²) in [6.07, 6.45) is 0.189. The van der Waals surface area contributed by atoms with E-state index in [4.69, 9.17) is 0 Å². The number of nitrogens with one attached hydrogen (secondary N) is 1. The van der Waals surface area contributed by atoms with E-state index in [-0.39, 0.29) is 17.2 Å². The third-order valence-electron chi connectivity index (χ3n) is 2.34. The van der Waals surface area contributed by atoms with E-state index in [1.165, 1.54) is 12.1 Å². The molecule has 0 saturated heterocycles. The summed E-state index contributed by atoms with van der Waals surface area (Å²) < 4.78 is 26.0. The molecule has 1 aromatic rings. The first-order valence-electron chi connectivity index (χ1n) is 5.61. The fraction of sp³-hybridized carbons (Fsp3) is 0.417. The Labute approximate surface area is 107 Å². The second-order valence-corrected chi connectivity index (χ2v) is 6.15. The van der Waals surface area contributed by atoms with Crippen molar-refractivity contribution in [1.82, 2.24) is 4.72 Å². The molecule has 18 heavy (non-hydrogen) atoms. The van der Waals surface area contributed by atoms with Gasteiger partial charge < -0.3 is 9.90 Å². The van der Waals surface area contributed by atoms with Crippen LogP contribution in [-0.2, 0) is 14.8 Å². The van der Waals surface area contributed by atoms with E-state index < -0.39 is 22.0 Å². The van der Waals surface area contributed by atoms with Gasteiger partial charge in [-0.25, -0.2) is 13.1 Å². The maximum Gasteiger partial charge on any atom is 0.241 e. The van der Waals surface area contributed by atoms with Crippen LogP contribution in [-0.4, -0.2) is 20.4 Å². The zero-order chi connectivity index (χ0) is 13.8. The average Bonchev–Trinajstić information content (AvgIpc) is 2.28. The Morgan fingerprint density at radius 3 is 2.28 bits per heavy atom. The van der Waals surface area contributed by atoms with E-state index in [2.05, 4.69) is 4.72 Å². The quantitative estimate of drug-likeness (QED) is 0.796. The molecule has 0 saturated carbocycles. The molecule has 0 radical (unpaired) electrons. The molecule has 0 bridgehead atoms. The molecule has 1 atom stereocenters. The summed E-state index contributed by atoms with van der Waals surface area (Å²) in [5, 5.41) is 10.9. The van der Waals surface area contributed by atoms with E-state index in [1.54, 1.807) is 18.2 Å². The van der Waals surface area contributed by atoms with Crippen LogP contribution < -0.4 is 9.83 Å². The van der Waals surface area contributed by atoms with Gasteiger partial charge in [0.2, 0.25) is 10.0 Å². The summed E-state index contributed by atoms with van der Waals surface area (Å²) in [6.45, 7) is 3.62. The van der Waals surface area contributed by atoms with Crippen molar-refractivity contribution in [3.63, 3.8) is 0 Å². The normalized spacial score (nSPS) is 13.5. The summed E-state index contributed by atoms with van der Waals surface area (Å²) >= 11 is 0. The Bertz CT molecular complexity index is 496. The van der Waals surface area contributed by atoms with Gasteiger partial charge in [0.25, 0.3) is 0 Å². The highest BCUT2D eigenvalue weighted by atomic mass is 32.2. The number of sulfonamides is 1. The Kier molecular flexibility index (Phi) is 4.86. The van der Waals surface area contributed by atoms with Crippen LogP contribution in [0.4, 0.5) is 0 Å². The van der Waals surface area contributed by atoms with Gasteiger partial charge in [0.05, 0.1) is 16.9 Å². The second kappa shape index (κ2) is 5.97. The molecule has 0 aromatic heterocycles. The molecule has 0 aliphatic carbocycles. The van der Waals surface area contributed by atoms with Crippen LogP contribution >= 0.6 is 0 Å². The van der Waals surface area contributed by atoms with Crippen molar-refractivity contribution in [3.05, 3.63) is 30.3 Å². The number of hydrogen-bond donors (Lipinski definition) is 1. The van der Waals surface area contributed by atoms with E-state index >= 15 is 0 Å². The molecule has 1 N–H and O–H groups in total. The van der Waals surface area contributed by atoms with Crippen molar-refractivity contribution < 1.29 is 18.3 Å². The lowest BCUT2D eigenvalue weighted by Gasteiger charge is -2.21. The molecule has 0 fully saturated rings. The largest absolute Gasteiger partial charge is 0.548 e. The second-order valence-electron chi connectivity index (χ2n) is 4.44. The first-order chi connectivity index (χ1) is 8.33. The lowest BCUT2D eigenvalue weighted by atomic mass is 10.1. The zero-order valence-electron chi connectivity index (χ0n) is 10.3. The Balaban J connectivity index is 2.90. The van der Waals surface area contributed by atoms with E-state index in [9.17, 15) is 18.3 Å². The van der Waals surface area contributed by atoms with Gasteiger partial charge in [-0.1, -0.05) is 32.0 Å². The molecule has 0 amide bonds. The first kappa shape index (κ1) is 14.7. The van der Waals surface area contributed by atoms with Crippen molar-refractivity contribution in [2.75, 3.05) is 0 Å². The van der Waals surface area contributed by atoms with Crippen molar-refractivity contribution in [1.29, 1.82) is 0 Å². The van der Waals surface area contributed by atoms with E-state index in [1.807, 2.05) is 13.8 Å². The molecule has 1 rings (SSSR count). The number of carboxylic acids is 1. The number of hydrogen-bond acceptors (Lipinski definition) is 4. The molecular weight excluding hydrogens is 254 g/mol. The molecule has 0 spiro atoms. The summed E-state index contributed by atoms with van der Waals surface area (Å²) in [7, 11) is -3.82. The molecule has 0 heterocycles. The minimum absolute atomic E-state index is 0.0417. The number of rotatable bonds is 6. The summed E-state index contributed by atoms with van der Waals surface area (Å²) in [5.74, 6) is -1.37. The molecule has 0 aliphatic heterocycles. The van der Waals surface area contributed by atoms with Gasteiger partial charge >= 0.3 is 0 Å². The van der Waals surface area contributed by atoms with Crippen LogP contribution in [0.2, 0.25) is 0 Å². The van der Waals surface area contributed by atoms with Crippen molar-refractivity contribution in [2.45, 2.75) is 31.2 Å². The van der Waals surface area contributed by atoms with Gasteiger partial charge in [-0.2, -0.15) is 0 Å². The van der Waals surface area contributed by atoms with Crippen molar-refractivity contribution >= 4 is 16.0 Å². The SMILES string of the molecule is CC(C)CC(NS(=O)(=O)c1ccccc1)C(=O)[O-]. The van der Waals surface area contributed by atoms with Crippen LogP contribution in [0.3, 0.4) is 0 Å². The van der Waals surface area contributed by atoms with Crippen LogP contribution in [0, 0.1) is 5.92 Å². The lowest BCUT2D eigenvalue weighted by molar-refractivity contribution is -0.308. The highest BCUT2D eigenvalue weighted by Crippen LogP contribution is 2.11. The van der Waals surface area contributed by atoms with Crippen LogP contribution in [0.25, 0.3) is 0 Å². The average molecular weight is 270 g/mol. The molecule has 100 valence electrons. The predicted octanol–water partition coefficient (Wildman–Crippen LogP) is 0.130. The fourth-order valence-electron chi connectivity index (χ4n) is 1.52. The molecule has 1 unspecified atom stereocenters.